The summed E-state index contributed by atoms with van der Waals surface area (Å²) in [6.45, 7) is 2.46. The molecule has 1 amide bonds. The fraction of sp³-hybridized carbons (Fsp3) is 0.300. The Kier molecular flexibility index (Phi) is 6.19. The second-order valence-corrected chi connectivity index (χ2v) is 6.50. The van der Waals surface area contributed by atoms with Crippen LogP contribution in [-0.4, -0.2) is 56.7 Å². The van der Waals surface area contributed by atoms with Gasteiger partial charge in [-0.15, -0.1) is 0 Å². The molecule has 0 spiro atoms. The van der Waals surface area contributed by atoms with Crippen LogP contribution in [0.2, 0.25) is 5.02 Å². The summed E-state index contributed by atoms with van der Waals surface area (Å²) < 4.78 is 10.3. The number of benzene rings is 2. The summed E-state index contributed by atoms with van der Waals surface area (Å²) >= 11 is 6.25. The van der Waals surface area contributed by atoms with Crippen molar-refractivity contribution in [2.24, 2.45) is 0 Å². The fourth-order valence-electron chi connectivity index (χ4n) is 3.01. The molecule has 1 aliphatic rings. The number of nitrogens with zero attached hydrogens (tertiary/aromatic N) is 2. The summed E-state index contributed by atoms with van der Waals surface area (Å²) in [7, 11) is 1.31. The maximum atomic E-state index is 12.5. The average Bonchev–Trinajstić information content (AvgIpc) is 2.72. The highest BCUT2D eigenvalue weighted by Gasteiger charge is 2.23. The molecule has 1 fully saturated rings. The normalized spacial score (nSPS) is 14.0. The van der Waals surface area contributed by atoms with Gasteiger partial charge in [-0.2, -0.15) is 0 Å². The molecule has 142 valence electrons. The average molecular weight is 389 g/mol. The van der Waals surface area contributed by atoms with Gasteiger partial charge in [-0.05, 0) is 24.3 Å². The molecule has 0 aromatic heterocycles. The standard InChI is InChI=1S/C20H21ClN2O4/c1-26-20(25)15-6-2-5-9-18(15)27-14-19(24)23-12-10-22(11-13-23)17-8-4-3-7-16(17)21/h2-9H,10-14H2,1H3. The van der Waals surface area contributed by atoms with Crippen molar-refractivity contribution in [3.05, 3.63) is 59.1 Å². The zero-order valence-electron chi connectivity index (χ0n) is 15.1. The molecule has 0 aliphatic carbocycles. The topological polar surface area (TPSA) is 59.1 Å². The van der Waals surface area contributed by atoms with Gasteiger partial charge in [-0.3, -0.25) is 4.79 Å². The maximum absolute atomic E-state index is 12.5. The van der Waals surface area contributed by atoms with E-state index in [1.807, 2.05) is 24.3 Å². The highest BCUT2D eigenvalue weighted by molar-refractivity contribution is 6.33. The second kappa shape index (κ2) is 8.77. The van der Waals surface area contributed by atoms with Gasteiger partial charge in [0, 0.05) is 26.2 Å². The number of piperazine rings is 1. The molecule has 2 aromatic rings. The number of halogens is 1. The lowest BCUT2D eigenvalue weighted by atomic mass is 10.2. The van der Waals surface area contributed by atoms with E-state index in [4.69, 9.17) is 21.1 Å². The number of para-hydroxylation sites is 2. The van der Waals surface area contributed by atoms with Gasteiger partial charge in [-0.1, -0.05) is 35.9 Å². The van der Waals surface area contributed by atoms with E-state index < -0.39 is 5.97 Å². The maximum Gasteiger partial charge on any atom is 0.341 e. The van der Waals surface area contributed by atoms with Crippen LogP contribution in [0.1, 0.15) is 10.4 Å². The molecule has 0 saturated carbocycles. The summed E-state index contributed by atoms with van der Waals surface area (Å²) in [5.41, 5.74) is 1.28. The van der Waals surface area contributed by atoms with Gasteiger partial charge < -0.3 is 19.3 Å². The zero-order valence-corrected chi connectivity index (χ0v) is 15.8. The first-order valence-corrected chi connectivity index (χ1v) is 9.05. The molecule has 1 heterocycles. The van der Waals surface area contributed by atoms with Crippen molar-refractivity contribution in [2.45, 2.75) is 0 Å². The third-order valence-electron chi connectivity index (χ3n) is 4.47. The first-order chi connectivity index (χ1) is 13.1. The number of hydrogen-bond donors (Lipinski definition) is 0. The molecular weight excluding hydrogens is 368 g/mol. The summed E-state index contributed by atoms with van der Waals surface area (Å²) in [5.74, 6) is -0.271. The van der Waals surface area contributed by atoms with Crippen LogP contribution in [0, 0.1) is 0 Å². The molecule has 1 saturated heterocycles. The first-order valence-electron chi connectivity index (χ1n) is 8.67. The van der Waals surface area contributed by atoms with Crippen molar-refractivity contribution in [1.29, 1.82) is 0 Å². The van der Waals surface area contributed by atoms with Gasteiger partial charge in [0.15, 0.2) is 6.61 Å². The highest BCUT2D eigenvalue weighted by atomic mass is 35.5. The monoisotopic (exact) mass is 388 g/mol. The van der Waals surface area contributed by atoms with E-state index in [0.717, 1.165) is 5.69 Å². The number of anilines is 1. The lowest BCUT2D eigenvalue weighted by Crippen LogP contribution is -2.50. The molecule has 0 unspecified atom stereocenters. The molecular formula is C20H21ClN2O4. The van der Waals surface area contributed by atoms with Crippen LogP contribution in [0.25, 0.3) is 0 Å². The Morgan fingerprint density at radius 1 is 1.00 bits per heavy atom. The molecule has 0 atom stereocenters. The van der Waals surface area contributed by atoms with E-state index >= 15 is 0 Å². The molecule has 0 radical (unpaired) electrons. The fourth-order valence-corrected chi connectivity index (χ4v) is 3.26. The van der Waals surface area contributed by atoms with Crippen LogP contribution < -0.4 is 9.64 Å². The van der Waals surface area contributed by atoms with Crippen LogP contribution in [-0.2, 0) is 9.53 Å². The van der Waals surface area contributed by atoms with Crippen LogP contribution in [0.15, 0.2) is 48.5 Å². The number of carbonyl (C=O) groups is 2. The van der Waals surface area contributed by atoms with Crippen molar-refractivity contribution in [3.8, 4) is 5.75 Å². The molecule has 7 heteroatoms. The number of methoxy groups -OCH3 is 1. The Labute approximate surface area is 163 Å². The van der Waals surface area contributed by atoms with Gasteiger partial charge in [0.2, 0.25) is 0 Å². The summed E-state index contributed by atoms with van der Waals surface area (Å²) in [6.07, 6.45) is 0. The molecule has 0 N–H and O–H groups in total. The van der Waals surface area contributed by atoms with Crippen molar-refractivity contribution >= 4 is 29.2 Å². The van der Waals surface area contributed by atoms with E-state index in [1.54, 1.807) is 29.2 Å². The van der Waals surface area contributed by atoms with E-state index in [1.165, 1.54) is 7.11 Å². The summed E-state index contributed by atoms with van der Waals surface area (Å²) in [4.78, 5) is 28.2. The van der Waals surface area contributed by atoms with Crippen molar-refractivity contribution in [2.75, 3.05) is 44.8 Å². The minimum atomic E-state index is -0.494. The quantitative estimate of drug-likeness (QED) is 0.737. The van der Waals surface area contributed by atoms with Crippen molar-refractivity contribution in [1.82, 2.24) is 4.90 Å². The minimum Gasteiger partial charge on any atom is -0.483 e. The molecule has 3 rings (SSSR count). The van der Waals surface area contributed by atoms with Crippen LogP contribution >= 0.6 is 11.6 Å². The Morgan fingerprint density at radius 3 is 2.37 bits per heavy atom. The second-order valence-electron chi connectivity index (χ2n) is 6.10. The van der Waals surface area contributed by atoms with Crippen LogP contribution in [0.5, 0.6) is 5.75 Å². The number of amides is 1. The SMILES string of the molecule is COC(=O)c1ccccc1OCC(=O)N1CCN(c2ccccc2Cl)CC1. The Balaban J connectivity index is 1.55. The zero-order chi connectivity index (χ0) is 19.2. The van der Waals surface area contributed by atoms with Gasteiger partial charge in [-0.25, -0.2) is 4.79 Å². The third-order valence-corrected chi connectivity index (χ3v) is 4.79. The lowest BCUT2D eigenvalue weighted by molar-refractivity contribution is -0.133. The predicted molar refractivity (Wildman–Crippen MR) is 104 cm³/mol. The summed E-state index contributed by atoms with van der Waals surface area (Å²) in [5, 5.41) is 0.708. The number of carbonyl (C=O) groups excluding carboxylic acids is 2. The van der Waals surface area contributed by atoms with E-state index in [2.05, 4.69) is 4.90 Å². The van der Waals surface area contributed by atoms with Crippen molar-refractivity contribution < 1.29 is 19.1 Å². The smallest absolute Gasteiger partial charge is 0.341 e. The Hall–Kier alpha value is -2.73. The predicted octanol–water partition coefficient (Wildman–Crippen LogP) is 2.85. The van der Waals surface area contributed by atoms with Gasteiger partial charge in [0.05, 0.1) is 17.8 Å². The Morgan fingerprint density at radius 2 is 1.67 bits per heavy atom. The van der Waals surface area contributed by atoms with Gasteiger partial charge in [0.25, 0.3) is 5.91 Å². The highest BCUT2D eigenvalue weighted by Crippen LogP contribution is 2.26. The summed E-state index contributed by atoms with van der Waals surface area (Å²) in [6, 6.07) is 14.4. The van der Waals surface area contributed by atoms with Gasteiger partial charge in [0.1, 0.15) is 11.3 Å². The van der Waals surface area contributed by atoms with E-state index in [9.17, 15) is 9.59 Å². The van der Waals surface area contributed by atoms with Crippen molar-refractivity contribution in [3.63, 3.8) is 0 Å². The lowest BCUT2D eigenvalue weighted by Gasteiger charge is -2.36. The Bertz CT molecular complexity index is 819. The number of ether oxygens (including phenoxy) is 2. The molecule has 1 aliphatic heterocycles. The van der Waals surface area contributed by atoms with Crippen LogP contribution in [0.3, 0.4) is 0 Å². The number of esters is 1. The molecule has 2 aromatic carbocycles. The molecule has 27 heavy (non-hydrogen) atoms. The minimum absolute atomic E-state index is 0.117. The molecule has 0 bridgehead atoms. The number of rotatable bonds is 5. The van der Waals surface area contributed by atoms with Crippen LogP contribution in [0.4, 0.5) is 5.69 Å². The third kappa shape index (κ3) is 4.52. The number of hydrogen-bond acceptors (Lipinski definition) is 5. The van der Waals surface area contributed by atoms with Gasteiger partial charge >= 0.3 is 5.97 Å². The van der Waals surface area contributed by atoms with E-state index in [0.29, 0.717) is 42.5 Å². The largest absolute Gasteiger partial charge is 0.483 e. The van der Waals surface area contributed by atoms with E-state index in [-0.39, 0.29) is 12.5 Å². The first kappa shape index (κ1) is 19.0. The molecule has 6 nitrogen and oxygen atoms in total.